The van der Waals surface area contributed by atoms with Gasteiger partial charge in [0.15, 0.2) is 0 Å². The molecular formula is C12H21N3OS. The minimum Gasteiger partial charge on any atom is -0.351 e. The van der Waals surface area contributed by atoms with Gasteiger partial charge >= 0.3 is 0 Å². The molecule has 0 bridgehead atoms. The molecule has 1 aromatic heterocycles. The lowest BCUT2D eigenvalue weighted by Crippen LogP contribution is -2.41. The second-order valence-corrected chi connectivity index (χ2v) is 5.86. The van der Waals surface area contributed by atoms with Crippen molar-refractivity contribution in [2.45, 2.75) is 45.7 Å². The van der Waals surface area contributed by atoms with Gasteiger partial charge in [-0.1, -0.05) is 0 Å². The molecule has 0 saturated heterocycles. The molecule has 1 amide bonds. The van der Waals surface area contributed by atoms with Gasteiger partial charge in [0.2, 0.25) is 5.91 Å². The number of carbonyl (C=O) groups excluding carboxylic acids is 1. The Balaban J connectivity index is 2.22. The number of hydrogen-bond acceptors (Lipinski definition) is 4. The van der Waals surface area contributed by atoms with Gasteiger partial charge in [-0.05, 0) is 27.7 Å². The first-order valence-corrected chi connectivity index (χ1v) is 6.75. The van der Waals surface area contributed by atoms with Gasteiger partial charge in [-0.2, -0.15) is 0 Å². The highest BCUT2D eigenvalue weighted by atomic mass is 32.1. The van der Waals surface area contributed by atoms with Gasteiger partial charge in [0, 0.05) is 29.9 Å². The minimum atomic E-state index is -0.155. The van der Waals surface area contributed by atoms with E-state index in [4.69, 9.17) is 0 Å². The molecular weight excluding hydrogens is 234 g/mol. The maximum Gasteiger partial charge on any atom is 0.221 e. The Bertz CT molecular complexity index is 343. The quantitative estimate of drug-likeness (QED) is 0.847. The Morgan fingerprint density at radius 2 is 2.24 bits per heavy atom. The molecule has 0 radical (unpaired) electrons. The number of carbonyl (C=O) groups is 1. The Morgan fingerprint density at radius 3 is 2.76 bits per heavy atom. The normalized spacial score (nSPS) is 13.4. The number of rotatable bonds is 5. The highest BCUT2D eigenvalue weighted by molar-refractivity contribution is 7.07. The standard InChI is InChI=1S/C12H21N3OS/c1-9(10-7-17-8-14-10)13-6-5-11(16)15-12(2,3)4/h7-9,13H,5-6H2,1-4H3,(H,15,16). The number of hydrogen-bond donors (Lipinski definition) is 2. The molecule has 1 atom stereocenters. The van der Waals surface area contributed by atoms with E-state index in [1.807, 2.05) is 31.7 Å². The average Bonchev–Trinajstić information content (AvgIpc) is 2.66. The Hall–Kier alpha value is -0.940. The lowest BCUT2D eigenvalue weighted by Gasteiger charge is -2.20. The molecule has 17 heavy (non-hydrogen) atoms. The third kappa shape index (κ3) is 5.79. The molecule has 96 valence electrons. The summed E-state index contributed by atoms with van der Waals surface area (Å²) in [4.78, 5) is 15.8. The first kappa shape index (κ1) is 14.1. The largest absolute Gasteiger partial charge is 0.351 e. The van der Waals surface area contributed by atoms with Crippen LogP contribution in [-0.2, 0) is 4.79 Å². The van der Waals surface area contributed by atoms with E-state index in [-0.39, 0.29) is 17.5 Å². The Morgan fingerprint density at radius 1 is 1.53 bits per heavy atom. The summed E-state index contributed by atoms with van der Waals surface area (Å²) < 4.78 is 0. The summed E-state index contributed by atoms with van der Waals surface area (Å²) in [6.07, 6.45) is 0.492. The number of thiazole rings is 1. The fourth-order valence-corrected chi connectivity index (χ4v) is 2.07. The van der Waals surface area contributed by atoms with Crippen molar-refractivity contribution >= 4 is 17.2 Å². The van der Waals surface area contributed by atoms with Crippen molar-refractivity contribution in [1.82, 2.24) is 15.6 Å². The molecule has 0 fully saturated rings. The Kier molecular flexibility index (Phi) is 5.08. The molecule has 0 aromatic carbocycles. The van der Waals surface area contributed by atoms with Gasteiger partial charge in [-0.25, -0.2) is 4.98 Å². The summed E-state index contributed by atoms with van der Waals surface area (Å²) in [6.45, 7) is 8.67. The van der Waals surface area contributed by atoms with E-state index < -0.39 is 0 Å². The summed E-state index contributed by atoms with van der Waals surface area (Å²) in [7, 11) is 0. The lowest BCUT2D eigenvalue weighted by atomic mass is 10.1. The van der Waals surface area contributed by atoms with E-state index in [9.17, 15) is 4.79 Å². The predicted molar refractivity (Wildman–Crippen MR) is 71.0 cm³/mol. The van der Waals surface area contributed by atoms with E-state index in [2.05, 4.69) is 22.5 Å². The average molecular weight is 255 g/mol. The maximum atomic E-state index is 11.6. The number of nitrogens with one attached hydrogen (secondary N) is 2. The van der Waals surface area contributed by atoms with Crippen LogP contribution in [0.5, 0.6) is 0 Å². The van der Waals surface area contributed by atoms with Gasteiger partial charge in [0.25, 0.3) is 0 Å². The van der Waals surface area contributed by atoms with Crippen LogP contribution in [0, 0.1) is 0 Å². The molecule has 5 heteroatoms. The van der Waals surface area contributed by atoms with Gasteiger partial charge in [0.1, 0.15) is 0 Å². The van der Waals surface area contributed by atoms with Crippen LogP contribution in [0.4, 0.5) is 0 Å². The van der Waals surface area contributed by atoms with E-state index in [1.54, 1.807) is 11.3 Å². The van der Waals surface area contributed by atoms with E-state index in [0.717, 1.165) is 5.69 Å². The zero-order valence-electron chi connectivity index (χ0n) is 10.9. The third-order valence-electron chi connectivity index (χ3n) is 2.21. The third-order valence-corrected chi connectivity index (χ3v) is 2.82. The monoisotopic (exact) mass is 255 g/mol. The molecule has 0 spiro atoms. The number of aromatic nitrogens is 1. The SMILES string of the molecule is CC(NCCC(=O)NC(C)(C)C)c1cscn1. The van der Waals surface area contributed by atoms with Crippen LogP contribution in [0.3, 0.4) is 0 Å². The molecule has 1 aromatic rings. The van der Waals surface area contributed by atoms with Crippen LogP contribution < -0.4 is 10.6 Å². The van der Waals surface area contributed by atoms with Crippen LogP contribution in [0.15, 0.2) is 10.9 Å². The molecule has 4 nitrogen and oxygen atoms in total. The van der Waals surface area contributed by atoms with Crippen LogP contribution in [0.25, 0.3) is 0 Å². The first-order chi connectivity index (χ1) is 7.88. The summed E-state index contributed by atoms with van der Waals surface area (Å²) in [5, 5.41) is 8.24. The first-order valence-electron chi connectivity index (χ1n) is 5.81. The van der Waals surface area contributed by atoms with E-state index in [0.29, 0.717) is 13.0 Å². The van der Waals surface area contributed by atoms with E-state index >= 15 is 0 Å². The maximum absolute atomic E-state index is 11.6. The van der Waals surface area contributed by atoms with E-state index in [1.165, 1.54) is 0 Å². The second kappa shape index (κ2) is 6.12. The smallest absolute Gasteiger partial charge is 0.221 e. The zero-order chi connectivity index (χ0) is 12.9. The predicted octanol–water partition coefficient (Wildman–Crippen LogP) is 2.10. The summed E-state index contributed by atoms with van der Waals surface area (Å²) in [5.41, 5.74) is 2.70. The van der Waals surface area contributed by atoms with Crippen molar-refractivity contribution in [3.8, 4) is 0 Å². The van der Waals surface area contributed by atoms with Crippen molar-refractivity contribution in [3.63, 3.8) is 0 Å². The molecule has 1 heterocycles. The van der Waals surface area contributed by atoms with Crippen molar-refractivity contribution in [3.05, 3.63) is 16.6 Å². The molecule has 1 unspecified atom stereocenters. The molecule has 0 aliphatic carbocycles. The summed E-state index contributed by atoms with van der Waals surface area (Å²) in [5.74, 6) is 0.0791. The van der Waals surface area contributed by atoms with Crippen molar-refractivity contribution < 1.29 is 4.79 Å². The summed E-state index contributed by atoms with van der Waals surface area (Å²) in [6, 6.07) is 0.198. The fraction of sp³-hybridized carbons (Fsp3) is 0.667. The highest BCUT2D eigenvalue weighted by Crippen LogP contribution is 2.11. The van der Waals surface area contributed by atoms with Crippen molar-refractivity contribution in [2.75, 3.05) is 6.54 Å². The highest BCUT2D eigenvalue weighted by Gasteiger charge is 2.13. The molecule has 1 rings (SSSR count). The van der Waals surface area contributed by atoms with Gasteiger partial charge in [-0.3, -0.25) is 4.79 Å². The zero-order valence-corrected chi connectivity index (χ0v) is 11.7. The lowest BCUT2D eigenvalue weighted by molar-refractivity contribution is -0.122. The van der Waals surface area contributed by atoms with Crippen molar-refractivity contribution in [2.24, 2.45) is 0 Å². The number of nitrogens with zero attached hydrogens (tertiary/aromatic N) is 1. The molecule has 2 N–H and O–H groups in total. The topological polar surface area (TPSA) is 54.0 Å². The van der Waals surface area contributed by atoms with Crippen molar-refractivity contribution in [1.29, 1.82) is 0 Å². The van der Waals surface area contributed by atoms with Crippen LogP contribution >= 0.6 is 11.3 Å². The molecule has 0 aliphatic heterocycles. The summed E-state index contributed by atoms with van der Waals surface area (Å²) >= 11 is 1.59. The van der Waals surface area contributed by atoms with Crippen LogP contribution in [0.2, 0.25) is 0 Å². The minimum absolute atomic E-state index is 0.0791. The van der Waals surface area contributed by atoms with Gasteiger partial charge in [0.05, 0.1) is 11.2 Å². The van der Waals surface area contributed by atoms with Crippen LogP contribution in [-0.4, -0.2) is 23.0 Å². The molecule has 0 saturated carbocycles. The Labute approximate surface area is 107 Å². The second-order valence-electron chi connectivity index (χ2n) is 5.14. The van der Waals surface area contributed by atoms with Crippen LogP contribution in [0.1, 0.15) is 45.9 Å². The molecule has 0 aliphatic rings. The fourth-order valence-electron chi connectivity index (χ4n) is 1.42. The number of amides is 1. The van der Waals surface area contributed by atoms with Gasteiger partial charge in [-0.15, -0.1) is 11.3 Å². The van der Waals surface area contributed by atoms with Gasteiger partial charge < -0.3 is 10.6 Å².